The molecule has 1 saturated heterocycles. The number of thiazole rings is 1. The summed E-state index contributed by atoms with van der Waals surface area (Å²) in [5, 5.41) is 4.70. The van der Waals surface area contributed by atoms with E-state index in [1.54, 1.807) is 24.1 Å². The summed E-state index contributed by atoms with van der Waals surface area (Å²) < 4.78 is 5.16. The standard InChI is InChI=1S/C19H23N3O3S/c1-25-16-4-2-3-15(11-16)21-18(23)6-5-14-7-9-22(10-8-14)19(24)17-12-26-13-20-17/h2-4,11-14H,5-10H2,1H3,(H,21,23). The van der Waals surface area contributed by atoms with Gasteiger partial charge in [-0.1, -0.05) is 6.07 Å². The predicted octanol–water partition coefficient (Wildman–Crippen LogP) is 3.42. The lowest BCUT2D eigenvalue weighted by Gasteiger charge is -2.31. The first-order valence-electron chi connectivity index (χ1n) is 8.77. The van der Waals surface area contributed by atoms with Crippen molar-refractivity contribution in [3.05, 3.63) is 40.8 Å². The summed E-state index contributed by atoms with van der Waals surface area (Å²) in [6, 6.07) is 7.35. The van der Waals surface area contributed by atoms with Crippen LogP contribution in [0.2, 0.25) is 0 Å². The van der Waals surface area contributed by atoms with Gasteiger partial charge in [0.1, 0.15) is 11.4 Å². The number of carbonyl (C=O) groups excluding carboxylic acids is 2. The van der Waals surface area contributed by atoms with Crippen LogP contribution in [0.1, 0.15) is 36.2 Å². The molecule has 1 aliphatic heterocycles. The largest absolute Gasteiger partial charge is 0.497 e. The molecular weight excluding hydrogens is 350 g/mol. The molecule has 0 bridgehead atoms. The molecule has 138 valence electrons. The van der Waals surface area contributed by atoms with E-state index in [9.17, 15) is 9.59 Å². The Hall–Kier alpha value is -2.41. The second-order valence-corrected chi connectivity index (χ2v) is 7.15. The number of nitrogens with one attached hydrogen (secondary N) is 1. The quantitative estimate of drug-likeness (QED) is 0.842. The number of aromatic nitrogens is 1. The zero-order chi connectivity index (χ0) is 18.4. The average Bonchev–Trinajstić information content (AvgIpc) is 3.21. The summed E-state index contributed by atoms with van der Waals surface area (Å²) in [6.07, 6.45) is 3.20. The van der Waals surface area contributed by atoms with Crippen molar-refractivity contribution in [1.82, 2.24) is 9.88 Å². The molecule has 7 heteroatoms. The summed E-state index contributed by atoms with van der Waals surface area (Å²) >= 11 is 1.44. The highest BCUT2D eigenvalue weighted by Crippen LogP contribution is 2.24. The molecule has 2 amide bonds. The summed E-state index contributed by atoms with van der Waals surface area (Å²) in [5.41, 5.74) is 2.96. The number of methoxy groups -OCH3 is 1. The van der Waals surface area contributed by atoms with Gasteiger partial charge in [0.25, 0.3) is 5.91 Å². The number of nitrogens with zero attached hydrogens (tertiary/aromatic N) is 2. The van der Waals surface area contributed by atoms with Gasteiger partial charge in [-0.3, -0.25) is 9.59 Å². The molecule has 2 aromatic rings. The fourth-order valence-electron chi connectivity index (χ4n) is 3.16. The van der Waals surface area contributed by atoms with E-state index in [4.69, 9.17) is 4.74 Å². The van der Waals surface area contributed by atoms with Gasteiger partial charge in [0.05, 0.1) is 12.6 Å². The molecule has 0 unspecified atom stereocenters. The van der Waals surface area contributed by atoms with Crippen LogP contribution in [0, 0.1) is 5.92 Å². The highest BCUT2D eigenvalue weighted by atomic mass is 32.1. The maximum Gasteiger partial charge on any atom is 0.273 e. The van der Waals surface area contributed by atoms with Gasteiger partial charge in [0, 0.05) is 36.6 Å². The zero-order valence-electron chi connectivity index (χ0n) is 14.8. The topological polar surface area (TPSA) is 71.5 Å². The summed E-state index contributed by atoms with van der Waals surface area (Å²) in [5.74, 6) is 1.23. The van der Waals surface area contributed by atoms with Gasteiger partial charge in [-0.25, -0.2) is 4.98 Å². The first-order chi connectivity index (χ1) is 12.7. The van der Waals surface area contributed by atoms with Crippen molar-refractivity contribution >= 4 is 28.8 Å². The molecule has 1 aromatic carbocycles. The Balaban J connectivity index is 1.40. The van der Waals surface area contributed by atoms with E-state index in [-0.39, 0.29) is 11.8 Å². The van der Waals surface area contributed by atoms with Crippen LogP contribution in [0.4, 0.5) is 5.69 Å². The SMILES string of the molecule is COc1cccc(NC(=O)CCC2CCN(C(=O)c3cscn3)CC2)c1. The summed E-state index contributed by atoms with van der Waals surface area (Å²) in [4.78, 5) is 30.4. The van der Waals surface area contributed by atoms with Gasteiger partial charge >= 0.3 is 0 Å². The minimum Gasteiger partial charge on any atom is -0.497 e. The van der Waals surface area contributed by atoms with Crippen molar-refractivity contribution in [2.75, 3.05) is 25.5 Å². The second-order valence-electron chi connectivity index (χ2n) is 6.43. The molecule has 6 nitrogen and oxygen atoms in total. The number of anilines is 1. The number of hydrogen-bond acceptors (Lipinski definition) is 5. The van der Waals surface area contributed by atoms with Crippen LogP contribution >= 0.6 is 11.3 Å². The number of benzene rings is 1. The van der Waals surface area contributed by atoms with E-state index in [0.29, 0.717) is 18.0 Å². The Morgan fingerprint density at radius 2 is 2.15 bits per heavy atom. The molecule has 2 heterocycles. The molecular formula is C19H23N3O3S. The van der Waals surface area contributed by atoms with Crippen molar-refractivity contribution in [3.63, 3.8) is 0 Å². The van der Waals surface area contributed by atoms with Crippen LogP contribution in [0.15, 0.2) is 35.2 Å². The number of carbonyl (C=O) groups is 2. The van der Waals surface area contributed by atoms with Crippen molar-refractivity contribution in [2.24, 2.45) is 5.92 Å². The number of amides is 2. The minimum atomic E-state index is 0.0132. The van der Waals surface area contributed by atoms with Gasteiger partial charge in [-0.05, 0) is 37.3 Å². The molecule has 0 atom stereocenters. The fraction of sp³-hybridized carbons (Fsp3) is 0.421. The predicted molar refractivity (Wildman–Crippen MR) is 102 cm³/mol. The lowest BCUT2D eigenvalue weighted by Crippen LogP contribution is -2.38. The maximum absolute atomic E-state index is 12.3. The number of likely N-dealkylation sites (tertiary alicyclic amines) is 1. The Bertz CT molecular complexity index is 740. The van der Waals surface area contributed by atoms with Crippen molar-refractivity contribution in [3.8, 4) is 5.75 Å². The third kappa shape index (κ3) is 4.82. The molecule has 0 saturated carbocycles. The Morgan fingerprint density at radius 1 is 1.35 bits per heavy atom. The molecule has 1 N–H and O–H groups in total. The van der Waals surface area contributed by atoms with E-state index in [0.717, 1.165) is 43.8 Å². The maximum atomic E-state index is 12.3. The minimum absolute atomic E-state index is 0.0132. The molecule has 1 aromatic heterocycles. The van der Waals surface area contributed by atoms with Crippen LogP contribution in [0.5, 0.6) is 5.75 Å². The molecule has 1 aliphatic rings. The van der Waals surface area contributed by atoms with Crippen molar-refractivity contribution in [1.29, 1.82) is 0 Å². The highest BCUT2D eigenvalue weighted by molar-refractivity contribution is 7.07. The average molecular weight is 373 g/mol. The lowest BCUT2D eigenvalue weighted by atomic mass is 9.92. The normalized spacial score (nSPS) is 14.9. The molecule has 3 rings (SSSR count). The zero-order valence-corrected chi connectivity index (χ0v) is 15.6. The van der Waals surface area contributed by atoms with Gasteiger partial charge in [0.2, 0.25) is 5.91 Å². The van der Waals surface area contributed by atoms with E-state index in [1.165, 1.54) is 11.3 Å². The fourth-order valence-corrected chi connectivity index (χ4v) is 3.69. The van der Waals surface area contributed by atoms with Crippen LogP contribution in [0.25, 0.3) is 0 Å². The molecule has 0 aliphatic carbocycles. The summed E-state index contributed by atoms with van der Waals surface area (Å²) in [7, 11) is 1.60. The van der Waals surface area contributed by atoms with E-state index < -0.39 is 0 Å². The van der Waals surface area contributed by atoms with Gasteiger partial charge in [0.15, 0.2) is 0 Å². The van der Waals surface area contributed by atoms with E-state index in [1.807, 2.05) is 23.1 Å². The molecule has 26 heavy (non-hydrogen) atoms. The van der Waals surface area contributed by atoms with Crippen molar-refractivity contribution in [2.45, 2.75) is 25.7 Å². The Labute approximate surface area is 157 Å². The van der Waals surface area contributed by atoms with E-state index >= 15 is 0 Å². The van der Waals surface area contributed by atoms with E-state index in [2.05, 4.69) is 10.3 Å². The van der Waals surface area contributed by atoms with Crippen LogP contribution < -0.4 is 10.1 Å². The molecule has 0 spiro atoms. The van der Waals surface area contributed by atoms with Crippen LogP contribution in [-0.4, -0.2) is 41.9 Å². The van der Waals surface area contributed by atoms with Crippen LogP contribution in [-0.2, 0) is 4.79 Å². The number of hydrogen-bond donors (Lipinski definition) is 1. The monoisotopic (exact) mass is 373 g/mol. The van der Waals surface area contributed by atoms with Gasteiger partial charge < -0.3 is 15.0 Å². The third-order valence-electron chi connectivity index (χ3n) is 4.69. The van der Waals surface area contributed by atoms with Gasteiger partial charge in [-0.15, -0.1) is 11.3 Å². The van der Waals surface area contributed by atoms with Gasteiger partial charge in [-0.2, -0.15) is 0 Å². The first-order valence-corrected chi connectivity index (χ1v) is 9.71. The Morgan fingerprint density at radius 3 is 2.85 bits per heavy atom. The summed E-state index contributed by atoms with van der Waals surface area (Å²) in [6.45, 7) is 1.47. The number of piperidine rings is 1. The molecule has 0 radical (unpaired) electrons. The number of ether oxygens (including phenoxy) is 1. The molecule has 1 fully saturated rings. The highest BCUT2D eigenvalue weighted by Gasteiger charge is 2.24. The smallest absolute Gasteiger partial charge is 0.273 e. The van der Waals surface area contributed by atoms with Crippen LogP contribution in [0.3, 0.4) is 0 Å². The third-order valence-corrected chi connectivity index (χ3v) is 5.27. The Kier molecular flexibility index (Phi) is 6.22. The lowest BCUT2D eigenvalue weighted by molar-refractivity contribution is -0.116. The number of rotatable bonds is 6. The van der Waals surface area contributed by atoms with Crippen molar-refractivity contribution < 1.29 is 14.3 Å². The second kappa shape index (κ2) is 8.80. The first kappa shape index (κ1) is 18.4.